The van der Waals surface area contributed by atoms with E-state index in [0.29, 0.717) is 12.4 Å². The Morgan fingerprint density at radius 3 is 2.92 bits per heavy atom. The van der Waals surface area contributed by atoms with Crippen molar-refractivity contribution < 1.29 is 9.90 Å². The van der Waals surface area contributed by atoms with Gasteiger partial charge in [0, 0.05) is 12.7 Å². The lowest BCUT2D eigenvalue weighted by atomic mass is 10.4. The molecule has 5 nitrogen and oxygen atoms in total. The van der Waals surface area contributed by atoms with Gasteiger partial charge >= 0.3 is 5.97 Å². The van der Waals surface area contributed by atoms with E-state index >= 15 is 0 Å². The summed E-state index contributed by atoms with van der Waals surface area (Å²) >= 11 is 0. The molecule has 1 heterocycles. The van der Waals surface area contributed by atoms with Gasteiger partial charge in [-0.25, -0.2) is 4.98 Å². The number of aryl methyl sites for hydroxylation is 2. The summed E-state index contributed by atoms with van der Waals surface area (Å²) < 4.78 is 1.73. The van der Waals surface area contributed by atoms with Crippen molar-refractivity contribution >= 4 is 11.8 Å². The molecule has 0 radical (unpaired) electrons. The number of hydrogen-bond acceptors (Lipinski definition) is 3. The van der Waals surface area contributed by atoms with Crippen LogP contribution < -0.4 is 5.73 Å². The molecule has 12 heavy (non-hydrogen) atoms. The quantitative estimate of drug-likeness (QED) is 0.679. The SMILES string of the molecule is Cc1nc(N)cn1CCC(=O)O. The predicted octanol–water partition coefficient (Wildman–Crippen LogP) is 0.248. The van der Waals surface area contributed by atoms with Gasteiger partial charge in [0.05, 0.1) is 6.42 Å². The number of aromatic nitrogens is 2. The van der Waals surface area contributed by atoms with Crippen molar-refractivity contribution in [3.05, 3.63) is 12.0 Å². The summed E-state index contributed by atoms with van der Waals surface area (Å²) in [5.74, 6) is 0.355. The Hall–Kier alpha value is -1.52. The number of carboxylic acid groups (broad SMARTS) is 1. The molecule has 0 fully saturated rings. The third-order valence-electron chi connectivity index (χ3n) is 1.56. The Morgan fingerprint density at radius 2 is 2.50 bits per heavy atom. The minimum atomic E-state index is -0.818. The van der Waals surface area contributed by atoms with Crippen molar-refractivity contribution in [2.75, 3.05) is 5.73 Å². The Bertz CT molecular complexity index is 293. The highest BCUT2D eigenvalue weighted by molar-refractivity contribution is 5.66. The van der Waals surface area contributed by atoms with Crippen molar-refractivity contribution in [3.63, 3.8) is 0 Å². The van der Waals surface area contributed by atoms with Crippen LogP contribution in [0.4, 0.5) is 5.82 Å². The fraction of sp³-hybridized carbons (Fsp3) is 0.429. The summed E-state index contributed by atoms with van der Waals surface area (Å²) in [6.07, 6.45) is 1.73. The van der Waals surface area contributed by atoms with Crippen molar-refractivity contribution in [2.45, 2.75) is 19.9 Å². The maximum absolute atomic E-state index is 10.2. The van der Waals surface area contributed by atoms with E-state index in [1.165, 1.54) is 0 Å². The molecule has 66 valence electrons. The van der Waals surface area contributed by atoms with Crippen molar-refractivity contribution in [2.24, 2.45) is 0 Å². The maximum Gasteiger partial charge on any atom is 0.305 e. The monoisotopic (exact) mass is 169 g/mol. The summed E-state index contributed by atoms with van der Waals surface area (Å²) in [5.41, 5.74) is 5.41. The number of nitrogens with zero attached hydrogens (tertiary/aromatic N) is 2. The third kappa shape index (κ3) is 1.98. The van der Waals surface area contributed by atoms with Crippen LogP contribution in [0, 0.1) is 6.92 Å². The molecule has 3 N–H and O–H groups in total. The van der Waals surface area contributed by atoms with Crippen LogP contribution in [-0.2, 0) is 11.3 Å². The highest BCUT2D eigenvalue weighted by Crippen LogP contribution is 2.03. The van der Waals surface area contributed by atoms with Gasteiger partial charge in [0.2, 0.25) is 0 Å². The lowest BCUT2D eigenvalue weighted by Gasteiger charge is -1.99. The first-order valence-corrected chi connectivity index (χ1v) is 3.60. The second-order valence-electron chi connectivity index (χ2n) is 2.55. The zero-order valence-electron chi connectivity index (χ0n) is 6.82. The fourth-order valence-corrected chi connectivity index (χ4v) is 0.975. The predicted molar refractivity (Wildman–Crippen MR) is 43.6 cm³/mol. The fourth-order valence-electron chi connectivity index (χ4n) is 0.975. The van der Waals surface area contributed by atoms with Crippen LogP contribution >= 0.6 is 0 Å². The number of carbonyl (C=O) groups is 1. The molecule has 0 aliphatic rings. The van der Waals surface area contributed by atoms with Crippen LogP contribution in [0.15, 0.2) is 6.20 Å². The highest BCUT2D eigenvalue weighted by Gasteiger charge is 2.02. The van der Waals surface area contributed by atoms with Gasteiger partial charge in [-0.3, -0.25) is 4.79 Å². The number of anilines is 1. The van der Waals surface area contributed by atoms with E-state index in [9.17, 15) is 4.79 Å². The molecule has 0 amide bonds. The van der Waals surface area contributed by atoms with Crippen LogP contribution in [-0.4, -0.2) is 20.6 Å². The van der Waals surface area contributed by atoms with Gasteiger partial charge in [-0.15, -0.1) is 0 Å². The largest absolute Gasteiger partial charge is 0.481 e. The first-order chi connectivity index (χ1) is 5.59. The van der Waals surface area contributed by atoms with Gasteiger partial charge < -0.3 is 15.4 Å². The molecular weight excluding hydrogens is 158 g/mol. The van der Waals surface area contributed by atoms with Gasteiger partial charge in [-0.05, 0) is 6.92 Å². The molecule has 0 saturated carbocycles. The summed E-state index contributed by atoms with van der Waals surface area (Å²) in [7, 11) is 0. The van der Waals surface area contributed by atoms with E-state index in [0.717, 1.165) is 5.82 Å². The number of nitrogen functional groups attached to an aromatic ring is 1. The van der Waals surface area contributed by atoms with E-state index in [-0.39, 0.29) is 6.42 Å². The molecule has 0 bridgehead atoms. The first-order valence-electron chi connectivity index (χ1n) is 3.60. The van der Waals surface area contributed by atoms with Gasteiger partial charge in [0.1, 0.15) is 11.6 Å². The molecule has 5 heteroatoms. The first kappa shape index (κ1) is 8.58. The zero-order chi connectivity index (χ0) is 9.14. The smallest absolute Gasteiger partial charge is 0.305 e. The standard InChI is InChI=1S/C7H11N3O2/c1-5-9-6(8)4-10(5)3-2-7(11)12/h4H,2-3,8H2,1H3,(H,11,12). The molecule has 0 unspecified atom stereocenters. The van der Waals surface area contributed by atoms with Crippen LogP contribution in [0.3, 0.4) is 0 Å². The van der Waals surface area contributed by atoms with Gasteiger partial charge in [-0.2, -0.15) is 0 Å². The number of nitrogens with two attached hydrogens (primary N) is 1. The minimum Gasteiger partial charge on any atom is -0.481 e. The lowest BCUT2D eigenvalue weighted by Crippen LogP contribution is -2.04. The lowest BCUT2D eigenvalue weighted by molar-refractivity contribution is -0.137. The maximum atomic E-state index is 10.2. The molecule has 0 atom stereocenters. The van der Waals surface area contributed by atoms with Crippen molar-refractivity contribution in [1.82, 2.24) is 9.55 Å². The van der Waals surface area contributed by atoms with Crippen molar-refractivity contribution in [1.29, 1.82) is 0 Å². The minimum absolute atomic E-state index is 0.0939. The second kappa shape index (κ2) is 3.25. The van der Waals surface area contributed by atoms with Crippen LogP contribution in [0.2, 0.25) is 0 Å². The topological polar surface area (TPSA) is 81.1 Å². The molecule has 1 aromatic rings. The molecule has 0 aliphatic heterocycles. The Balaban J connectivity index is 2.62. The van der Waals surface area contributed by atoms with Gasteiger partial charge in [0.15, 0.2) is 0 Å². The second-order valence-corrected chi connectivity index (χ2v) is 2.55. The molecule has 1 aromatic heterocycles. The highest BCUT2D eigenvalue weighted by atomic mass is 16.4. The van der Waals surface area contributed by atoms with E-state index in [2.05, 4.69) is 4.98 Å². The number of rotatable bonds is 3. The van der Waals surface area contributed by atoms with Crippen LogP contribution in [0.25, 0.3) is 0 Å². The third-order valence-corrected chi connectivity index (χ3v) is 1.56. The summed E-state index contributed by atoms with van der Waals surface area (Å²) in [5, 5.41) is 8.41. The summed E-state index contributed by atoms with van der Waals surface area (Å²) in [6.45, 7) is 2.21. The van der Waals surface area contributed by atoms with E-state index < -0.39 is 5.97 Å². The number of hydrogen-bond donors (Lipinski definition) is 2. The molecule has 0 aliphatic carbocycles. The Labute approximate surface area is 69.8 Å². The van der Waals surface area contributed by atoms with Gasteiger partial charge in [-0.1, -0.05) is 0 Å². The number of imidazole rings is 1. The van der Waals surface area contributed by atoms with E-state index in [4.69, 9.17) is 10.8 Å². The summed E-state index contributed by atoms with van der Waals surface area (Å²) in [4.78, 5) is 14.2. The van der Waals surface area contributed by atoms with Gasteiger partial charge in [0.25, 0.3) is 0 Å². The van der Waals surface area contributed by atoms with Crippen LogP contribution in [0.1, 0.15) is 12.2 Å². The van der Waals surface area contributed by atoms with E-state index in [1.807, 2.05) is 0 Å². The average molecular weight is 169 g/mol. The van der Waals surface area contributed by atoms with Crippen LogP contribution in [0.5, 0.6) is 0 Å². The van der Waals surface area contributed by atoms with Crippen molar-refractivity contribution in [3.8, 4) is 0 Å². The van der Waals surface area contributed by atoms with E-state index in [1.54, 1.807) is 17.7 Å². The molecule has 1 rings (SSSR count). The Kier molecular flexibility index (Phi) is 2.32. The normalized spacial score (nSPS) is 10.1. The molecule has 0 saturated heterocycles. The Morgan fingerprint density at radius 1 is 1.83 bits per heavy atom. The molecule has 0 spiro atoms. The molecule has 0 aromatic carbocycles. The number of carboxylic acids is 1. The zero-order valence-corrected chi connectivity index (χ0v) is 6.82. The molecular formula is C7H11N3O2. The number of aliphatic carboxylic acids is 1. The average Bonchev–Trinajstić information content (AvgIpc) is 2.26. The summed E-state index contributed by atoms with van der Waals surface area (Å²) in [6, 6.07) is 0.